The van der Waals surface area contributed by atoms with Crippen LogP contribution in [0.15, 0.2) is 47.3 Å². The quantitative estimate of drug-likeness (QED) is 0.686. The van der Waals surface area contributed by atoms with E-state index in [4.69, 9.17) is 16.3 Å². The van der Waals surface area contributed by atoms with Gasteiger partial charge in [0.2, 0.25) is 0 Å². The maximum atomic E-state index is 12.4. The first-order chi connectivity index (χ1) is 12.3. The van der Waals surface area contributed by atoms with Crippen LogP contribution in [0.25, 0.3) is 10.2 Å². The van der Waals surface area contributed by atoms with Crippen LogP contribution >= 0.6 is 22.9 Å². The molecule has 0 unspecified atom stereocenters. The highest BCUT2D eigenvalue weighted by Gasteiger charge is 2.16. The summed E-state index contributed by atoms with van der Waals surface area (Å²) in [4.78, 5) is 24.5. The molecule has 0 aliphatic rings. The average molecular weight is 391 g/mol. The molecular weight excluding hydrogens is 372 g/mol. The minimum absolute atomic E-state index is 0.00193. The molecule has 3 aromatic rings. The number of thiazole rings is 1. The van der Waals surface area contributed by atoms with Crippen molar-refractivity contribution in [3.05, 3.63) is 57.2 Å². The normalized spacial score (nSPS) is 12.3. The maximum Gasteiger partial charge on any atom is 0.308 e. The predicted molar refractivity (Wildman–Crippen MR) is 107 cm³/mol. The van der Waals surface area contributed by atoms with E-state index in [0.29, 0.717) is 16.5 Å². The molecule has 0 bridgehead atoms. The molecule has 26 heavy (non-hydrogen) atoms. The van der Waals surface area contributed by atoms with Gasteiger partial charge in [-0.1, -0.05) is 22.9 Å². The number of amides is 1. The van der Waals surface area contributed by atoms with Crippen LogP contribution in [0.1, 0.15) is 26.8 Å². The number of hydrogen-bond acceptors (Lipinski definition) is 4. The van der Waals surface area contributed by atoms with Gasteiger partial charge in [-0.15, -0.1) is 0 Å². The van der Waals surface area contributed by atoms with Gasteiger partial charge in [-0.25, -0.2) is 0 Å². The Morgan fingerprint density at radius 2 is 1.85 bits per heavy atom. The van der Waals surface area contributed by atoms with E-state index in [1.807, 2.05) is 26.0 Å². The fraction of sp³-hybridized carbons (Fsp3) is 0.263. The van der Waals surface area contributed by atoms with E-state index < -0.39 is 6.10 Å². The second-order valence-corrected chi connectivity index (χ2v) is 7.65. The molecule has 1 aromatic heterocycles. The number of carbonyl (C=O) groups excluding carboxylic acids is 1. The third-order valence-corrected chi connectivity index (χ3v) is 5.06. The van der Waals surface area contributed by atoms with Gasteiger partial charge in [0, 0.05) is 16.8 Å². The van der Waals surface area contributed by atoms with Crippen LogP contribution in [0.3, 0.4) is 0 Å². The van der Waals surface area contributed by atoms with Gasteiger partial charge in [-0.05, 0) is 63.2 Å². The number of fused-ring (bicyclic) bond motifs is 1. The molecule has 0 aliphatic carbocycles. The topological polar surface area (TPSA) is 60.3 Å². The maximum absolute atomic E-state index is 12.4. The average Bonchev–Trinajstić information content (AvgIpc) is 2.92. The monoisotopic (exact) mass is 390 g/mol. The van der Waals surface area contributed by atoms with Crippen molar-refractivity contribution in [2.45, 2.75) is 32.9 Å². The van der Waals surface area contributed by atoms with Crippen molar-refractivity contribution in [1.29, 1.82) is 0 Å². The first-order valence-corrected chi connectivity index (χ1v) is 9.43. The predicted octanol–water partition coefficient (Wildman–Crippen LogP) is 4.70. The van der Waals surface area contributed by atoms with E-state index >= 15 is 0 Å². The molecule has 0 saturated heterocycles. The van der Waals surface area contributed by atoms with Crippen molar-refractivity contribution < 1.29 is 9.53 Å². The Hall–Kier alpha value is -2.31. The lowest BCUT2D eigenvalue weighted by Gasteiger charge is -2.15. The third kappa shape index (κ3) is 3.92. The summed E-state index contributed by atoms with van der Waals surface area (Å²) < 4.78 is 8.21. The molecule has 5 nitrogen and oxygen atoms in total. The molecule has 2 aromatic carbocycles. The van der Waals surface area contributed by atoms with Gasteiger partial charge in [-0.3, -0.25) is 14.2 Å². The Balaban J connectivity index is 1.74. The number of aromatic nitrogens is 1. The smallest absolute Gasteiger partial charge is 0.308 e. The molecule has 0 spiro atoms. The number of carbonyl (C=O) groups is 1. The highest BCUT2D eigenvalue weighted by Crippen LogP contribution is 2.24. The van der Waals surface area contributed by atoms with Crippen LogP contribution < -0.4 is 14.9 Å². The van der Waals surface area contributed by atoms with Crippen molar-refractivity contribution in [2.75, 3.05) is 5.32 Å². The summed E-state index contributed by atoms with van der Waals surface area (Å²) in [5.41, 5.74) is 1.50. The van der Waals surface area contributed by atoms with E-state index in [-0.39, 0.29) is 16.8 Å². The number of rotatable bonds is 5. The first kappa shape index (κ1) is 18.5. The minimum atomic E-state index is -0.675. The standard InChI is InChI=1S/C19H19ClN2O3S/c1-11(2)22-16-9-6-14(10-17(16)26-19(22)24)21-18(23)12(3)25-15-7-4-13(20)5-8-15/h4-12H,1-3H3,(H,21,23)/t12-/m1/s1. The molecule has 1 heterocycles. The Bertz CT molecular complexity index is 992. The van der Waals surface area contributed by atoms with Gasteiger partial charge < -0.3 is 10.1 Å². The zero-order chi connectivity index (χ0) is 18.8. The van der Waals surface area contributed by atoms with Crippen LogP contribution in [0, 0.1) is 0 Å². The molecule has 0 fully saturated rings. The lowest BCUT2D eigenvalue weighted by atomic mass is 10.2. The fourth-order valence-corrected chi connectivity index (χ4v) is 3.80. The number of nitrogens with zero attached hydrogens (tertiary/aromatic N) is 1. The number of halogens is 1. The van der Waals surface area contributed by atoms with Crippen LogP contribution in [-0.4, -0.2) is 16.6 Å². The van der Waals surface area contributed by atoms with Crippen molar-refractivity contribution in [3.8, 4) is 5.75 Å². The van der Waals surface area contributed by atoms with Gasteiger partial charge in [0.05, 0.1) is 10.2 Å². The van der Waals surface area contributed by atoms with Gasteiger partial charge in [0.1, 0.15) is 5.75 Å². The largest absolute Gasteiger partial charge is 0.481 e. The summed E-state index contributed by atoms with van der Waals surface area (Å²) in [7, 11) is 0. The summed E-state index contributed by atoms with van der Waals surface area (Å²) in [5.74, 6) is 0.301. The lowest BCUT2D eigenvalue weighted by Crippen LogP contribution is -2.30. The molecule has 0 saturated carbocycles. The Kier molecular flexibility index (Phi) is 5.34. The number of benzene rings is 2. The second-order valence-electron chi connectivity index (χ2n) is 6.22. The fourth-order valence-electron chi connectivity index (χ4n) is 2.62. The van der Waals surface area contributed by atoms with Crippen LogP contribution in [0.4, 0.5) is 5.69 Å². The summed E-state index contributed by atoms with van der Waals surface area (Å²) in [6.45, 7) is 5.62. The molecule has 7 heteroatoms. The molecule has 1 amide bonds. The van der Waals surface area contributed by atoms with Crippen molar-refractivity contribution in [3.63, 3.8) is 0 Å². The van der Waals surface area contributed by atoms with Crippen LogP contribution in [0.2, 0.25) is 5.02 Å². The number of nitrogens with one attached hydrogen (secondary N) is 1. The summed E-state index contributed by atoms with van der Waals surface area (Å²) in [5, 5.41) is 3.44. The lowest BCUT2D eigenvalue weighted by molar-refractivity contribution is -0.122. The Labute approximate surface area is 160 Å². The Morgan fingerprint density at radius 1 is 1.15 bits per heavy atom. The van der Waals surface area contributed by atoms with Crippen molar-refractivity contribution in [2.24, 2.45) is 0 Å². The van der Waals surface area contributed by atoms with E-state index in [9.17, 15) is 9.59 Å². The highest BCUT2D eigenvalue weighted by molar-refractivity contribution is 7.16. The number of ether oxygens (including phenoxy) is 1. The highest BCUT2D eigenvalue weighted by atomic mass is 35.5. The number of hydrogen-bond donors (Lipinski definition) is 1. The zero-order valence-electron chi connectivity index (χ0n) is 14.7. The van der Waals surface area contributed by atoms with E-state index in [1.165, 1.54) is 11.3 Å². The molecule has 0 radical (unpaired) electrons. The van der Waals surface area contributed by atoms with Crippen LogP contribution in [0.5, 0.6) is 5.75 Å². The molecule has 0 aliphatic heterocycles. The third-order valence-electron chi connectivity index (χ3n) is 3.89. The molecular formula is C19H19ClN2O3S. The minimum Gasteiger partial charge on any atom is -0.481 e. The molecule has 1 N–H and O–H groups in total. The van der Waals surface area contributed by atoms with Crippen molar-refractivity contribution >= 4 is 44.7 Å². The number of anilines is 1. The van der Waals surface area contributed by atoms with Crippen molar-refractivity contribution in [1.82, 2.24) is 4.57 Å². The van der Waals surface area contributed by atoms with Gasteiger partial charge in [-0.2, -0.15) is 0 Å². The summed E-state index contributed by atoms with van der Waals surface area (Å²) >= 11 is 7.01. The zero-order valence-corrected chi connectivity index (χ0v) is 16.2. The molecule has 3 rings (SSSR count). The van der Waals surface area contributed by atoms with E-state index in [2.05, 4.69) is 5.32 Å². The van der Waals surface area contributed by atoms with Gasteiger partial charge in [0.25, 0.3) is 5.91 Å². The SMILES string of the molecule is CC(C)n1c(=O)sc2cc(NC(=O)[C@@H](C)Oc3ccc(Cl)cc3)ccc21. The summed E-state index contributed by atoms with van der Waals surface area (Å²) in [6.07, 6.45) is -0.675. The van der Waals surface area contributed by atoms with Gasteiger partial charge in [0.15, 0.2) is 6.10 Å². The Morgan fingerprint density at radius 3 is 2.50 bits per heavy atom. The summed E-state index contributed by atoms with van der Waals surface area (Å²) in [6, 6.07) is 12.4. The van der Waals surface area contributed by atoms with Crippen LogP contribution in [-0.2, 0) is 4.79 Å². The van der Waals surface area contributed by atoms with E-state index in [0.717, 1.165) is 10.2 Å². The second kappa shape index (κ2) is 7.51. The molecule has 136 valence electrons. The first-order valence-electron chi connectivity index (χ1n) is 8.23. The van der Waals surface area contributed by atoms with E-state index in [1.54, 1.807) is 41.8 Å². The van der Waals surface area contributed by atoms with Gasteiger partial charge >= 0.3 is 4.87 Å². The molecule has 1 atom stereocenters.